The Labute approximate surface area is 169 Å². The minimum atomic E-state index is -3.89. The van der Waals surface area contributed by atoms with Gasteiger partial charge in [0.15, 0.2) is 0 Å². The van der Waals surface area contributed by atoms with Gasteiger partial charge in [-0.3, -0.25) is 0 Å². The van der Waals surface area contributed by atoms with Gasteiger partial charge in [-0.15, -0.1) is 0 Å². The van der Waals surface area contributed by atoms with Crippen molar-refractivity contribution in [3.8, 4) is 22.9 Å². The van der Waals surface area contributed by atoms with Gasteiger partial charge in [0.2, 0.25) is 21.7 Å². The molecule has 0 aliphatic heterocycles. The fraction of sp³-hybridized carbons (Fsp3) is 0.300. The number of rotatable bonds is 8. The van der Waals surface area contributed by atoms with E-state index < -0.39 is 10.0 Å². The zero-order valence-electron chi connectivity index (χ0n) is 16.7. The van der Waals surface area contributed by atoms with E-state index in [2.05, 4.69) is 28.7 Å². The zero-order chi connectivity index (χ0) is 21.0. The highest BCUT2D eigenvalue weighted by Crippen LogP contribution is 2.28. The minimum absolute atomic E-state index is 0.0386. The molecule has 0 radical (unpaired) electrons. The lowest BCUT2D eigenvalue weighted by molar-refractivity contribution is 0.375. The van der Waals surface area contributed by atoms with Gasteiger partial charge in [-0.1, -0.05) is 43.3 Å². The van der Waals surface area contributed by atoms with Gasteiger partial charge >= 0.3 is 0 Å². The second-order valence-electron chi connectivity index (χ2n) is 6.63. The summed E-state index contributed by atoms with van der Waals surface area (Å²) in [7, 11) is -1.03. The molecule has 3 rings (SSSR count). The maximum atomic E-state index is 12.7. The molecule has 1 N–H and O–H groups in total. The molecule has 0 amide bonds. The van der Waals surface area contributed by atoms with Crippen molar-refractivity contribution in [2.24, 2.45) is 0 Å². The Morgan fingerprint density at radius 2 is 1.79 bits per heavy atom. The maximum absolute atomic E-state index is 12.7. The summed E-state index contributed by atoms with van der Waals surface area (Å²) >= 11 is 0. The molecule has 0 unspecified atom stereocenters. The van der Waals surface area contributed by atoms with Crippen molar-refractivity contribution in [1.29, 1.82) is 0 Å². The Hall–Kier alpha value is -2.91. The summed E-state index contributed by atoms with van der Waals surface area (Å²) in [6.45, 7) is 4.08. The summed E-state index contributed by atoms with van der Waals surface area (Å²) in [5.41, 5.74) is 2.00. The SMILES string of the molecule is COc1ccc(OC)c(S(=O)(=O)NCc2nc(-c3ccc(C(C)C)cc3)no2)c1. The maximum Gasteiger partial charge on any atom is 0.244 e. The van der Waals surface area contributed by atoms with Gasteiger partial charge in [-0.2, -0.15) is 4.98 Å². The van der Waals surface area contributed by atoms with E-state index in [1.165, 1.54) is 31.9 Å². The highest BCUT2D eigenvalue weighted by atomic mass is 32.2. The van der Waals surface area contributed by atoms with E-state index in [1.807, 2.05) is 24.3 Å². The van der Waals surface area contributed by atoms with Crippen molar-refractivity contribution in [3.05, 3.63) is 53.9 Å². The van der Waals surface area contributed by atoms with Crippen molar-refractivity contribution in [2.45, 2.75) is 31.2 Å². The normalized spacial score (nSPS) is 11.6. The third-order valence-corrected chi connectivity index (χ3v) is 5.80. The first-order valence-corrected chi connectivity index (χ1v) is 10.5. The fourth-order valence-electron chi connectivity index (χ4n) is 2.69. The molecule has 9 heteroatoms. The monoisotopic (exact) mass is 417 g/mol. The number of aromatic nitrogens is 2. The number of hydrogen-bond donors (Lipinski definition) is 1. The van der Waals surface area contributed by atoms with Gasteiger partial charge in [0.25, 0.3) is 0 Å². The van der Waals surface area contributed by atoms with Crippen LogP contribution in [0.5, 0.6) is 11.5 Å². The lowest BCUT2D eigenvalue weighted by Gasteiger charge is -2.11. The van der Waals surface area contributed by atoms with E-state index >= 15 is 0 Å². The average molecular weight is 417 g/mol. The van der Waals surface area contributed by atoms with E-state index in [4.69, 9.17) is 14.0 Å². The van der Waals surface area contributed by atoms with Gasteiger partial charge in [0, 0.05) is 11.6 Å². The van der Waals surface area contributed by atoms with Crippen LogP contribution in [0.1, 0.15) is 31.2 Å². The summed E-state index contributed by atoms with van der Waals surface area (Å²) < 4.78 is 43.3. The third kappa shape index (κ3) is 4.75. The molecule has 1 aromatic heterocycles. The molecule has 2 aromatic carbocycles. The summed E-state index contributed by atoms with van der Waals surface area (Å²) in [6, 6.07) is 12.4. The number of ether oxygens (including phenoxy) is 2. The summed E-state index contributed by atoms with van der Waals surface area (Å²) in [5, 5.41) is 3.93. The van der Waals surface area contributed by atoms with Crippen LogP contribution in [0, 0.1) is 0 Å². The summed E-state index contributed by atoms with van der Waals surface area (Å²) in [5.74, 6) is 1.57. The van der Waals surface area contributed by atoms with Gasteiger partial charge < -0.3 is 14.0 Å². The van der Waals surface area contributed by atoms with Crippen molar-refractivity contribution in [3.63, 3.8) is 0 Å². The van der Waals surface area contributed by atoms with Crippen LogP contribution in [0.25, 0.3) is 11.4 Å². The second-order valence-corrected chi connectivity index (χ2v) is 8.37. The van der Waals surface area contributed by atoms with E-state index in [0.717, 1.165) is 5.56 Å². The van der Waals surface area contributed by atoms with Gasteiger partial charge in [0.1, 0.15) is 16.4 Å². The predicted molar refractivity (Wildman–Crippen MR) is 107 cm³/mol. The van der Waals surface area contributed by atoms with Crippen LogP contribution in [-0.2, 0) is 16.6 Å². The van der Waals surface area contributed by atoms with Crippen molar-refractivity contribution in [1.82, 2.24) is 14.9 Å². The smallest absolute Gasteiger partial charge is 0.244 e. The van der Waals surface area contributed by atoms with E-state index in [9.17, 15) is 8.42 Å². The fourth-order valence-corrected chi connectivity index (χ4v) is 3.85. The Bertz CT molecular complexity index is 1080. The molecule has 0 fully saturated rings. The first-order chi connectivity index (χ1) is 13.8. The third-order valence-electron chi connectivity index (χ3n) is 4.38. The molecule has 154 valence electrons. The van der Waals surface area contributed by atoms with Crippen LogP contribution in [0.3, 0.4) is 0 Å². The summed E-state index contributed by atoms with van der Waals surface area (Å²) in [6.07, 6.45) is 0. The Morgan fingerprint density at radius 1 is 1.07 bits per heavy atom. The van der Waals surface area contributed by atoms with Crippen LogP contribution in [0.15, 0.2) is 51.9 Å². The highest BCUT2D eigenvalue weighted by Gasteiger charge is 2.21. The minimum Gasteiger partial charge on any atom is -0.497 e. The average Bonchev–Trinajstić information content (AvgIpc) is 3.21. The molecule has 0 spiro atoms. The first kappa shape index (κ1) is 20.8. The van der Waals surface area contributed by atoms with Crippen LogP contribution in [0.2, 0.25) is 0 Å². The van der Waals surface area contributed by atoms with E-state index in [-0.39, 0.29) is 23.1 Å². The van der Waals surface area contributed by atoms with Crippen LogP contribution in [0.4, 0.5) is 0 Å². The molecule has 0 saturated carbocycles. The molecule has 8 nitrogen and oxygen atoms in total. The molecule has 1 heterocycles. The molecule has 0 atom stereocenters. The number of methoxy groups -OCH3 is 2. The van der Waals surface area contributed by atoms with Crippen LogP contribution < -0.4 is 14.2 Å². The van der Waals surface area contributed by atoms with Gasteiger partial charge in [-0.25, -0.2) is 13.1 Å². The number of hydrogen-bond acceptors (Lipinski definition) is 7. The van der Waals surface area contributed by atoms with E-state index in [0.29, 0.717) is 17.5 Å². The number of nitrogens with zero attached hydrogens (tertiary/aromatic N) is 2. The Kier molecular flexibility index (Phi) is 6.19. The molecule has 29 heavy (non-hydrogen) atoms. The highest BCUT2D eigenvalue weighted by molar-refractivity contribution is 7.89. The second kappa shape index (κ2) is 8.62. The number of sulfonamides is 1. The molecular formula is C20H23N3O5S. The van der Waals surface area contributed by atoms with Gasteiger partial charge in [-0.05, 0) is 23.6 Å². The topological polar surface area (TPSA) is 104 Å². The molecule has 3 aromatic rings. The Balaban J connectivity index is 1.75. The molecule has 0 bridgehead atoms. The zero-order valence-corrected chi connectivity index (χ0v) is 17.5. The molecule has 0 aliphatic carbocycles. The Morgan fingerprint density at radius 3 is 2.41 bits per heavy atom. The number of nitrogens with one attached hydrogen (secondary N) is 1. The van der Waals surface area contributed by atoms with Crippen LogP contribution >= 0.6 is 0 Å². The summed E-state index contributed by atoms with van der Waals surface area (Å²) in [4.78, 5) is 4.23. The standard InChI is InChI=1S/C20H23N3O5S/c1-13(2)14-5-7-15(8-6-14)20-22-19(28-23-20)12-21-29(24,25)18-11-16(26-3)9-10-17(18)27-4/h5-11,13,21H,12H2,1-4H3. The first-order valence-electron chi connectivity index (χ1n) is 8.98. The molecule has 0 aliphatic rings. The number of benzene rings is 2. The molecule has 0 saturated heterocycles. The predicted octanol–water partition coefficient (Wildman–Crippen LogP) is 3.36. The quantitative estimate of drug-likeness (QED) is 0.599. The van der Waals surface area contributed by atoms with Crippen molar-refractivity contribution >= 4 is 10.0 Å². The van der Waals surface area contributed by atoms with Crippen molar-refractivity contribution in [2.75, 3.05) is 14.2 Å². The van der Waals surface area contributed by atoms with Crippen molar-refractivity contribution < 1.29 is 22.4 Å². The van der Waals surface area contributed by atoms with Gasteiger partial charge in [0.05, 0.1) is 20.8 Å². The van der Waals surface area contributed by atoms with E-state index in [1.54, 1.807) is 6.07 Å². The largest absolute Gasteiger partial charge is 0.497 e. The lowest BCUT2D eigenvalue weighted by Crippen LogP contribution is -2.24. The molecular weight excluding hydrogens is 394 g/mol. The van der Waals surface area contributed by atoms with Crippen LogP contribution in [-0.4, -0.2) is 32.8 Å². The lowest BCUT2D eigenvalue weighted by atomic mass is 10.0.